The van der Waals surface area contributed by atoms with Crippen molar-refractivity contribution in [3.63, 3.8) is 0 Å². The topological polar surface area (TPSA) is 72.2 Å². The first-order valence-corrected chi connectivity index (χ1v) is 51.4. The lowest BCUT2D eigenvalue weighted by Crippen LogP contribution is -2.19. The van der Waals surface area contributed by atoms with Crippen molar-refractivity contribution in [3.8, 4) is 0 Å². The Morgan fingerprint density at radius 1 is 0.0926 bits per heavy atom. The number of anilines is 6. The van der Waals surface area contributed by atoms with Crippen LogP contribution in [0.5, 0.6) is 0 Å². The number of nitrogens with one attached hydrogen (secondary N) is 6. The first-order valence-electron chi connectivity index (χ1n) is 51.4. The summed E-state index contributed by atoms with van der Waals surface area (Å²) in [5.74, 6) is 0. The Morgan fingerprint density at radius 2 is 0.157 bits per heavy atom. The molecule has 1 aromatic carbocycles. The highest BCUT2D eigenvalue weighted by Gasteiger charge is 2.25. The normalized spacial score (nSPS) is 11.6. The first kappa shape index (κ1) is 104. The molecule has 0 bridgehead atoms. The van der Waals surface area contributed by atoms with E-state index in [0.29, 0.717) is 0 Å². The third kappa shape index (κ3) is 71.8. The number of benzene rings is 1. The van der Waals surface area contributed by atoms with E-state index in [-0.39, 0.29) is 0 Å². The minimum Gasteiger partial charge on any atom is -0.382 e. The lowest BCUT2D eigenvalue weighted by molar-refractivity contribution is 0.537. The zero-order valence-electron chi connectivity index (χ0n) is 75.6. The predicted molar refractivity (Wildman–Crippen MR) is 499 cm³/mol. The van der Waals surface area contributed by atoms with Crippen molar-refractivity contribution in [2.75, 3.05) is 71.2 Å². The van der Waals surface area contributed by atoms with E-state index < -0.39 is 0 Å². The molecule has 1 aromatic rings. The van der Waals surface area contributed by atoms with Crippen molar-refractivity contribution in [3.05, 3.63) is 0 Å². The number of hydrogen-bond donors (Lipinski definition) is 6. The van der Waals surface area contributed by atoms with Crippen LogP contribution in [0.2, 0.25) is 0 Å². The van der Waals surface area contributed by atoms with E-state index in [1.807, 2.05) is 0 Å². The number of rotatable bonds is 96. The van der Waals surface area contributed by atoms with E-state index >= 15 is 0 Å². The average molecular weight is 1510 g/mol. The summed E-state index contributed by atoms with van der Waals surface area (Å²) in [5.41, 5.74) is 8.05. The second-order valence-corrected chi connectivity index (χ2v) is 35.4. The first-order chi connectivity index (χ1) is 53.7. The van der Waals surface area contributed by atoms with Gasteiger partial charge in [-0.3, -0.25) is 0 Å². The van der Waals surface area contributed by atoms with Gasteiger partial charge in [0.05, 0.1) is 34.1 Å². The molecule has 0 aliphatic rings. The molecular weight excluding hydrogens is 1310 g/mol. The molecular formula is C102H204N6. The van der Waals surface area contributed by atoms with Crippen LogP contribution in [0, 0.1) is 0 Å². The third-order valence-corrected chi connectivity index (χ3v) is 24.5. The van der Waals surface area contributed by atoms with Crippen LogP contribution in [0.4, 0.5) is 34.1 Å². The SMILES string of the molecule is CCCCCCCCCCCCCCCCNc1c(NCCCCCCCCCCCCCCCC)c(NCCCCCCCCCCCCCCCC)c(NCCCCCCCCCCCCCCCC)c(NCCCCCCCCCCCCCCCC)c1NCCCCCCCCCCCCCCCC. The predicted octanol–water partition coefficient (Wildman–Crippen LogP) is 37.0. The summed E-state index contributed by atoms with van der Waals surface area (Å²) in [5, 5.41) is 26.0. The zero-order chi connectivity index (χ0) is 77.3. The molecule has 0 spiro atoms. The van der Waals surface area contributed by atoms with Crippen LogP contribution < -0.4 is 31.9 Å². The fraction of sp³-hybridized carbons (Fsp3) is 0.941. The van der Waals surface area contributed by atoms with E-state index in [1.54, 1.807) is 0 Å². The van der Waals surface area contributed by atoms with Gasteiger partial charge in [0.25, 0.3) is 0 Å². The van der Waals surface area contributed by atoms with Gasteiger partial charge >= 0.3 is 0 Å². The van der Waals surface area contributed by atoms with Crippen LogP contribution in [-0.2, 0) is 0 Å². The van der Waals surface area contributed by atoms with Gasteiger partial charge in [-0.15, -0.1) is 0 Å². The van der Waals surface area contributed by atoms with Gasteiger partial charge in [-0.25, -0.2) is 0 Å². The molecule has 0 saturated heterocycles. The molecule has 0 atom stereocenters. The van der Waals surface area contributed by atoms with Crippen molar-refractivity contribution in [1.29, 1.82) is 0 Å². The van der Waals surface area contributed by atoms with Crippen LogP contribution in [0.25, 0.3) is 0 Å². The molecule has 0 heterocycles. The van der Waals surface area contributed by atoms with Gasteiger partial charge in [-0.2, -0.15) is 0 Å². The maximum Gasteiger partial charge on any atom is 0.0856 e. The molecule has 6 heteroatoms. The molecule has 108 heavy (non-hydrogen) atoms. The maximum absolute atomic E-state index is 4.34. The summed E-state index contributed by atoms with van der Waals surface area (Å²) < 4.78 is 0. The Bertz CT molecular complexity index is 1480. The number of unbranched alkanes of at least 4 members (excludes halogenated alkanes) is 78. The highest BCUT2D eigenvalue weighted by molar-refractivity contribution is 6.08. The van der Waals surface area contributed by atoms with Gasteiger partial charge in [-0.05, 0) is 38.5 Å². The van der Waals surface area contributed by atoms with Gasteiger partial charge < -0.3 is 31.9 Å². The van der Waals surface area contributed by atoms with Crippen molar-refractivity contribution < 1.29 is 0 Å². The Hall–Kier alpha value is -1.98. The van der Waals surface area contributed by atoms with Crippen LogP contribution >= 0.6 is 0 Å². The summed E-state index contributed by atoms with van der Waals surface area (Å²) in [6.45, 7) is 20.2. The van der Waals surface area contributed by atoms with E-state index in [0.717, 1.165) is 39.3 Å². The third-order valence-electron chi connectivity index (χ3n) is 24.5. The minimum absolute atomic E-state index is 1.03. The highest BCUT2D eigenvalue weighted by atomic mass is 15.1. The number of hydrogen-bond acceptors (Lipinski definition) is 6. The molecule has 0 aliphatic carbocycles. The molecule has 0 amide bonds. The van der Waals surface area contributed by atoms with Gasteiger partial charge in [0.1, 0.15) is 0 Å². The van der Waals surface area contributed by atoms with Gasteiger partial charge in [0.15, 0.2) is 0 Å². The Labute approximate surface area is 682 Å². The Kier molecular flexibility index (Phi) is 87.2. The lowest BCUT2D eigenvalue weighted by Gasteiger charge is -2.30. The molecule has 6 nitrogen and oxygen atoms in total. The quantitative estimate of drug-likeness (QED) is 0.0365. The second kappa shape index (κ2) is 90.6. The minimum atomic E-state index is 1.03. The van der Waals surface area contributed by atoms with E-state index in [9.17, 15) is 0 Å². The summed E-state index contributed by atoms with van der Waals surface area (Å²) in [6, 6.07) is 0. The van der Waals surface area contributed by atoms with E-state index in [2.05, 4.69) is 73.4 Å². The molecule has 0 aliphatic heterocycles. The van der Waals surface area contributed by atoms with Gasteiger partial charge in [0.2, 0.25) is 0 Å². The molecule has 6 N–H and O–H groups in total. The summed E-state index contributed by atoms with van der Waals surface area (Å²) in [4.78, 5) is 0. The average Bonchev–Trinajstić information content (AvgIpc) is 0.769. The fourth-order valence-electron chi connectivity index (χ4n) is 17.0. The molecule has 0 fully saturated rings. The van der Waals surface area contributed by atoms with Crippen LogP contribution in [0.1, 0.15) is 581 Å². The van der Waals surface area contributed by atoms with Crippen LogP contribution in [0.15, 0.2) is 0 Å². The smallest absolute Gasteiger partial charge is 0.0856 e. The molecule has 642 valence electrons. The molecule has 0 unspecified atom stereocenters. The fourth-order valence-corrected chi connectivity index (χ4v) is 17.0. The van der Waals surface area contributed by atoms with Gasteiger partial charge in [0, 0.05) is 39.3 Å². The van der Waals surface area contributed by atoms with E-state index in [1.165, 1.54) is 573 Å². The van der Waals surface area contributed by atoms with Crippen molar-refractivity contribution >= 4 is 34.1 Å². The molecule has 1 rings (SSSR count). The highest BCUT2D eigenvalue weighted by Crippen LogP contribution is 2.51. The molecule has 0 saturated carbocycles. The molecule has 0 aromatic heterocycles. The summed E-state index contributed by atoms with van der Waals surface area (Å²) in [7, 11) is 0. The van der Waals surface area contributed by atoms with Crippen molar-refractivity contribution in [1.82, 2.24) is 0 Å². The van der Waals surface area contributed by atoms with Crippen molar-refractivity contribution in [2.24, 2.45) is 0 Å². The van der Waals surface area contributed by atoms with E-state index in [4.69, 9.17) is 0 Å². The van der Waals surface area contributed by atoms with Crippen LogP contribution in [0.3, 0.4) is 0 Å². The largest absolute Gasteiger partial charge is 0.382 e. The maximum atomic E-state index is 4.34. The summed E-state index contributed by atoms with van der Waals surface area (Å²) in [6.07, 6.45) is 118. The standard InChI is InChI=1S/C102H204N6/c1-7-13-19-25-31-37-43-49-55-61-67-73-79-85-91-103-97-98(104-92-86-80-74-68-62-56-50-44-38-32-26-20-14-8-2)100(106-94-88-82-76-70-64-58-52-46-40-34-28-22-16-10-4)102(108-96-90-84-78-72-66-60-54-48-42-36-30-24-18-12-6)101(107-95-89-83-77-71-65-59-53-47-41-35-29-23-17-11-5)99(97)105-93-87-81-75-69-63-57-51-45-39-33-27-21-15-9-3/h103-108H,7-96H2,1-6H3. The lowest BCUT2D eigenvalue weighted by atomic mass is 10.0. The second-order valence-electron chi connectivity index (χ2n) is 35.4. The Morgan fingerprint density at radius 3 is 0.231 bits per heavy atom. The summed E-state index contributed by atoms with van der Waals surface area (Å²) >= 11 is 0. The van der Waals surface area contributed by atoms with Crippen LogP contribution in [-0.4, -0.2) is 39.3 Å². The Balaban J connectivity index is 3.70. The van der Waals surface area contributed by atoms with Gasteiger partial charge in [-0.1, -0.05) is 542 Å². The monoisotopic (exact) mass is 1510 g/mol. The van der Waals surface area contributed by atoms with Crippen molar-refractivity contribution in [2.45, 2.75) is 581 Å². The molecule has 0 radical (unpaired) electrons. The zero-order valence-corrected chi connectivity index (χ0v) is 75.6.